The fourth-order valence-electron chi connectivity index (χ4n) is 0.763. The molecular weight excluding hydrogens is 174 g/mol. The summed E-state index contributed by atoms with van der Waals surface area (Å²) in [5.74, 6) is -1.53. The van der Waals surface area contributed by atoms with E-state index >= 15 is 0 Å². The lowest BCUT2D eigenvalue weighted by Crippen LogP contribution is -2.42. The summed E-state index contributed by atoms with van der Waals surface area (Å²) < 4.78 is 0. The van der Waals surface area contributed by atoms with Crippen molar-refractivity contribution in [2.24, 2.45) is 11.5 Å². The first-order valence-electron chi connectivity index (χ1n) is 4.03. The number of carboxylic acid groups (broad SMARTS) is 1. The molecule has 0 aromatic carbocycles. The Kier molecular flexibility index (Phi) is 5.82. The third-order valence-corrected chi connectivity index (χ3v) is 1.47. The molecule has 0 aromatic heterocycles. The van der Waals surface area contributed by atoms with Crippen molar-refractivity contribution in [1.82, 2.24) is 5.32 Å². The van der Waals surface area contributed by atoms with Gasteiger partial charge in [0, 0.05) is 0 Å². The molecule has 6 nitrogen and oxygen atoms in total. The minimum absolute atomic E-state index is 0.394. The number of nitrogens with one attached hydrogen (secondary N) is 1. The van der Waals surface area contributed by atoms with Crippen molar-refractivity contribution < 1.29 is 14.7 Å². The summed E-state index contributed by atoms with van der Waals surface area (Å²) in [5.41, 5.74) is 10.6. The highest BCUT2D eigenvalue weighted by Crippen LogP contribution is 1.91. The van der Waals surface area contributed by atoms with Crippen LogP contribution in [0.25, 0.3) is 0 Å². The second-order valence-corrected chi connectivity index (χ2v) is 2.65. The lowest BCUT2D eigenvalue weighted by Gasteiger charge is -2.09. The monoisotopic (exact) mass is 189 g/mol. The van der Waals surface area contributed by atoms with Crippen LogP contribution in [-0.2, 0) is 9.59 Å². The number of amides is 1. The minimum Gasteiger partial charge on any atom is -0.480 e. The molecule has 0 unspecified atom stereocenters. The molecule has 0 aliphatic heterocycles. The summed E-state index contributed by atoms with van der Waals surface area (Å²) >= 11 is 0. The normalized spacial score (nSPS) is 12.2. The van der Waals surface area contributed by atoms with Gasteiger partial charge in [0.05, 0.1) is 6.04 Å². The van der Waals surface area contributed by atoms with E-state index < -0.39 is 24.5 Å². The van der Waals surface area contributed by atoms with Crippen LogP contribution in [0, 0.1) is 0 Å². The molecule has 0 aliphatic rings. The SMILES string of the molecule is NCCC[C@@H](N)C(=O)NCC(=O)O. The maximum absolute atomic E-state index is 11.0. The van der Waals surface area contributed by atoms with E-state index in [-0.39, 0.29) is 0 Å². The summed E-state index contributed by atoms with van der Waals surface area (Å²) in [7, 11) is 0. The highest BCUT2D eigenvalue weighted by atomic mass is 16.4. The first-order chi connectivity index (χ1) is 6.07. The van der Waals surface area contributed by atoms with Crippen LogP contribution in [-0.4, -0.2) is 36.1 Å². The van der Waals surface area contributed by atoms with Gasteiger partial charge in [-0.1, -0.05) is 0 Å². The fourth-order valence-corrected chi connectivity index (χ4v) is 0.763. The summed E-state index contributed by atoms with van der Waals surface area (Å²) in [6.45, 7) is 0.0784. The first kappa shape index (κ1) is 11.9. The molecule has 1 amide bonds. The van der Waals surface area contributed by atoms with E-state index in [9.17, 15) is 9.59 Å². The van der Waals surface area contributed by atoms with Crippen molar-refractivity contribution in [2.75, 3.05) is 13.1 Å². The predicted molar refractivity (Wildman–Crippen MR) is 46.9 cm³/mol. The largest absolute Gasteiger partial charge is 0.480 e. The summed E-state index contributed by atoms with van der Waals surface area (Å²) in [6.07, 6.45) is 1.13. The van der Waals surface area contributed by atoms with Gasteiger partial charge in [0.15, 0.2) is 0 Å². The van der Waals surface area contributed by atoms with Gasteiger partial charge in [-0.2, -0.15) is 0 Å². The van der Waals surface area contributed by atoms with Gasteiger partial charge in [-0.15, -0.1) is 0 Å². The number of hydrogen-bond acceptors (Lipinski definition) is 4. The van der Waals surface area contributed by atoms with Gasteiger partial charge in [0.1, 0.15) is 6.54 Å². The zero-order chi connectivity index (χ0) is 10.3. The molecule has 0 rings (SSSR count). The van der Waals surface area contributed by atoms with Gasteiger partial charge in [-0.25, -0.2) is 0 Å². The molecule has 0 saturated heterocycles. The molecule has 0 heterocycles. The summed E-state index contributed by atoms with van der Waals surface area (Å²) in [5, 5.41) is 10.4. The number of carbonyl (C=O) groups excluding carboxylic acids is 1. The lowest BCUT2D eigenvalue weighted by atomic mass is 10.1. The van der Waals surface area contributed by atoms with E-state index in [1.165, 1.54) is 0 Å². The Morgan fingerprint density at radius 2 is 2.08 bits per heavy atom. The Balaban J connectivity index is 3.63. The van der Waals surface area contributed by atoms with E-state index in [4.69, 9.17) is 16.6 Å². The van der Waals surface area contributed by atoms with Crippen molar-refractivity contribution in [3.8, 4) is 0 Å². The van der Waals surface area contributed by atoms with Gasteiger partial charge in [0.2, 0.25) is 5.91 Å². The fraction of sp³-hybridized carbons (Fsp3) is 0.714. The number of rotatable bonds is 6. The lowest BCUT2D eigenvalue weighted by molar-refractivity contribution is -0.138. The molecule has 0 aromatic rings. The molecule has 6 heteroatoms. The van der Waals surface area contributed by atoms with E-state index in [1.807, 2.05) is 0 Å². The molecule has 13 heavy (non-hydrogen) atoms. The third kappa shape index (κ3) is 6.06. The number of hydrogen-bond donors (Lipinski definition) is 4. The van der Waals surface area contributed by atoms with Crippen LogP contribution in [0.1, 0.15) is 12.8 Å². The Hall–Kier alpha value is -1.14. The second-order valence-electron chi connectivity index (χ2n) is 2.65. The average Bonchev–Trinajstić information content (AvgIpc) is 2.10. The second kappa shape index (κ2) is 6.38. The van der Waals surface area contributed by atoms with Gasteiger partial charge < -0.3 is 21.9 Å². The standard InChI is InChI=1S/C7H15N3O3/c8-3-1-2-5(9)7(13)10-4-6(11)12/h5H,1-4,8-9H2,(H,10,13)(H,11,12)/t5-/m1/s1. The molecule has 6 N–H and O–H groups in total. The smallest absolute Gasteiger partial charge is 0.322 e. The maximum Gasteiger partial charge on any atom is 0.322 e. The summed E-state index contributed by atoms with van der Waals surface area (Å²) in [4.78, 5) is 21.1. The van der Waals surface area contributed by atoms with Crippen LogP contribution < -0.4 is 16.8 Å². The van der Waals surface area contributed by atoms with Gasteiger partial charge in [0.25, 0.3) is 0 Å². The minimum atomic E-state index is -1.08. The van der Waals surface area contributed by atoms with Crippen molar-refractivity contribution >= 4 is 11.9 Å². The molecule has 0 radical (unpaired) electrons. The quantitative estimate of drug-likeness (QED) is 0.395. The zero-order valence-electron chi connectivity index (χ0n) is 7.32. The van der Waals surface area contributed by atoms with E-state index in [1.54, 1.807) is 0 Å². The number of carboxylic acids is 1. The average molecular weight is 189 g/mol. The topological polar surface area (TPSA) is 118 Å². The Labute approximate surface area is 76.3 Å². The maximum atomic E-state index is 11.0. The number of carbonyl (C=O) groups is 2. The van der Waals surface area contributed by atoms with Crippen molar-refractivity contribution in [1.29, 1.82) is 0 Å². The van der Waals surface area contributed by atoms with Gasteiger partial charge >= 0.3 is 5.97 Å². The molecule has 0 spiro atoms. The Bertz CT molecular complexity index is 184. The van der Waals surface area contributed by atoms with Crippen molar-refractivity contribution in [3.05, 3.63) is 0 Å². The van der Waals surface area contributed by atoms with Crippen LogP contribution in [0.15, 0.2) is 0 Å². The van der Waals surface area contributed by atoms with Crippen molar-refractivity contribution in [2.45, 2.75) is 18.9 Å². The van der Waals surface area contributed by atoms with Crippen LogP contribution in [0.5, 0.6) is 0 Å². The van der Waals surface area contributed by atoms with E-state index in [0.717, 1.165) is 0 Å². The third-order valence-electron chi connectivity index (χ3n) is 1.47. The van der Waals surface area contributed by atoms with Crippen LogP contribution in [0.3, 0.4) is 0 Å². The molecule has 0 fully saturated rings. The Morgan fingerprint density at radius 1 is 1.46 bits per heavy atom. The van der Waals surface area contributed by atoms with Crippen molar-refractivity contribution in [3.63, 3.8) is 0 Å². The first-order valence-corrected chi connectivity index (χ1v) is 4.03. The zero-order valence-corrected chi connectivity index (χ0v) is 7.32. The summed E-state index contributed by atoms with van der Waals surface area (Å²) in [6, 6.07) is -0.664. The highest BCUT2D eigenvalue weighted by molar-refractivity contribution is 5.84. The van der Waals surface area contributed by atoms with Crippen LogP contribution >= 0.6 is 0 Å². The van der Waals surface area contributed by atoms with Crippen LogP contribution in [0.4, 0.5) is 0 Å². The predicted octanol–water partition coefficient (Wildman–Crippen LogP) is -1.75. The van der Waals surface area contributed by atoms with Crippen LogP contribution in [0.2, 0.25) is 0 Å². The number of aliphatic carboxylic acids is 1. The molecule has 0 saturated carbocycles. The Morgan fingerprint density at radius 3 is 2.54 bits per heavy atom. The highest BCUT2D eigenvalue weighted by Gasteiger charge is 2.12. The van der Waals surface area contributed by atoms with E-state index in [2.05, 4.69) is 5.32 Å². The molecule has 0 aliphatic carbocycles. The van der Waals surface area contributed by atoms with E-state index in [0.29, 0.717) is 19.4 Å². The molecule has 1 atom stereocenters. The van der Waals surface area contributed by atoms with Gasteiger partial charge in [-0.3, -0.25) is 9.59 Å². The molecule has 76 valence electrons. The molecule has 0 bridgehead atoms. The van der Waals surface area contributed by atoms with Gasteiger partial charge in [-0.05, 0) is 19.4 Å². The molecular formula is C7H15N3O3. The number of nitrogens with two attached hydrogens (primary N) is 2.